The molecule has 9 aromatic carbocycles. The summed E-state index contributed by atoms with van der Waals surface area (Å²) in [4.78, 5) is 2.60. The van der Waals surface area contributed by atoms with Gasteiger partial charge in [-0.05, 0) is 127 Å². The zero-order chi connectivity index (χ0) is 43.3. The van der Waals surface area contributed by atoms with Gasteiger partial charge in [-0.3, -0.25) is 0 Å². The molecule has 0 aliphatic heterocycles. The van der Waals surface area contributed by atoms with Crippen LogP contribution in [0.15, 0.2) is 212 Å². The number of hydrogen-bond donors (Lipinski definition) is 0. The maximum Gasteiger partial charge on any atom is 0.0714 e. The molecule has 13 rings (SSSR count). The second-order valence-corrected chi connectivity index (χ2v) is 19.4. The molecule has 1 heteroatoms. The topological polar surface area (TPSA) is 3.24 Å². The van der Waals surface area contributed by atoms with Crippen LogP contribution in [0, 0.1) is 0 Å². The summed E-state index contributed by atoms with van der Waals surface area (Å²) in [5.41, 5.74) is 24.5. The lowest BCUT2D eigenvalue weighted by Gasteiger charge is -2.37. The minimum absolute atomic E-state index is 0.0246. The monoisotopic (exact) mass is 833 g/mol. The van der Waals surface area contributed by atoms with Crippen LogP contribution in [-0.2, 0) is 16.2 Å². The third kappa shape index (κ3) is 5.33. The number of anilines is 3. The van der Waals surface area contributed by atoms with Crippen LogP contribution in [0.2, 0.25) is 0 Å². The van der Waals surface area contributed by atoms with Gasteiger partial charge in [0.05, 0.1) is 11.1 Å². The normalized spacial score (nSPS) is 16.2. The lowest BCUT2D eigenvalue weighted by atomic mass is 9.67. The number of fused-ring (bicyclic) bond motifs is 11. The van der Waals surface area contributed by atoms with Gasteiger partial charge in [-0.25, -0.2) is 0 Å². The molecular formula is C64H51N. The Morgan fingerprint density at radius 2 is 0.785 bits per heavy atom. The Balaban J connectivity index is 1.09. The fraction of sp³-hybridized carbons (Fsp3) is 0.156. The molecule has 0 atom stereocenters. The quantitative estimate of drug-likeness (QED) is 0.161. The van der Waals surface area contributed by atoms with Gasteiger partial charge >= 0.3 is 0 Å². The van der Waals surface area contributed by atoms with E-state index in [-0.39, 0.29) is 10.8 Å². The lowest BCUT2D eigenvalue weighted by Crippen LogP contribution is -2.29. The largest absolute Gasteiger partial charge is 0.310 e. The summed E-state index contributed by atoms with van der Waals surface area (Å²) < 4.78 is 0. The first-order valence-corrected chi connectivity index (χ1v) is 23.7. The summed E-state index contributed by atoms with van der Waals surface area (Å²) in [6, 6.07) is 80.8. The molecular weight excluding hydrogens is 783 g/mol. The van der Waals surface area contributed by atoms with Crippen molar-refractivity contribution in [3.8, 4) is 44.5 Å². The van der Waals surface area contributed by atoms with Crippen LogP contribution >= 0.6 is 0 Å². The van der Waals surface area contributed by atoms with Crippen molar-refractivity contribution in [3.63, 3.8) is 0 Å². The Morgan fingerprint density at radius 1 is 0.338 bits per heavy atom. The molecule has 4 aliphatic carbocycles. The van der Waals surface area contributed by atoms with E-state index in [0.29, 0.717) is 0 Å². The zero-order valence-electron chi connectivity index (χ0n) is 37.2. The van der Waals surface area contributed by atoms with Gasteiger partial charge in [0.15, 0.2) is 0 Å². The van der Waals surface area contributed by atoms with Crippen molar-refractivity contribution in [2.45, 2.75) is 62.2 Å². The molecule has 312 valence electrons. The summed E-state index contributed by atoms with van der Waals surface area (Å²) in [5, 5.41) is 0. The maximum absolute atomic E-state index is 2.60. The molecule has 65 heavy (non-hydrogen) atoms. The van der Waals surface area contributed by atoms with Crippen molar-refractivity contribution >= 4 is 17.1 Å². The van der Waals surface area contributed by atoms with E-state index in [9.17, 15) is 0 Å². The van der Waals surface area contributed by atoms with Crippen LogP contribution in [0.1, 0.15) is 90.5 Å². The first kappa shape index (κ1) is 38.3. The van der Waals surface area contributed by atoms with Crippen molar-refractivity contribution in [2.75, 3.05) is 4.90 Å². The van der Waals surface area contributed by atoms with E-state index in [2.05, 4.69) is 231 Å². The Hall–Kier alpha value is -7.22. The van der Waals surface area contributed by atoms with Gasteiger partial charge in [0.25, 0.3) is 0 Å². The molecule has 1 saturated carbocycles. The molecule has 0 radical (unpaired) electrons. The van der Waals surface area contributed by atoms with Gasteiger partial charge in [0.1, 0.15) is 0 Å². The average Bonchev–Trinajstić information content (AvgIpc) is 3.91. The van der Waals surface area contributed by atoms with Gasteiger partial charge in [0.2, 0.25) is 0 Å². The second-order valence-electron chi connectivity index (χ2n) is 19.4. The first-order valence-electron chi connectivity index (χ1n) is 23.7. The molecule has 9 aromatic rings. The molecule has 0 unspecified atom stereocenters. The summed E-state index contributed by atoms with van der Waals surface area (Å²) in [7, 11) is 0. The lowest BCUT2D eigenvalue weighted by molar-refractivity contribution is 0.353. The molecule has 4 aliphatic rings. The minimum atomic E-state index is -0.516. The van der Waals surface area contributed by atoms with Crippen molar-refractivity contribution < 1.29 is 0 Å². The van der Waals surface area contributed by atoms with Crippen LogP contribution in [0.25, 0.3) is 44.5 Å². The SMILES string of the molecule is CC1(C)c2ccccc2-c2cccc(-c3ccccc3N(c3ccc4c(c3)C3(CCCCC3)c3ccccc3-4)c3ccc4c(c3)C(c3ccccc3)(c3ccccc3)c3ccccc3-4)c21. The smallest absolute Gasteiger partial charge is 0.0714 e. The van der Waals surface area contributed by atoms with Gasteiger partial charge < -0.3 is 4.90 Å². The number of para-hydroxylation sites is 1. The van der Waals surface area contributed by atoms with Crippen LogP contribution < -0.4 is 4.90 Å². The Kier molecular flexibility index (Phi) is 8.47. The Labute approximate surface area is 383 Å². The fourth-order valence-corrected chi connectivity index (χ4v) is 13.2. The van der Waals surface area contributed by atoms with E-state index < -0.39 is 5.41 Å². The highest BCUT2D eigenvalue weighted by Gasteiger charge is 2.47. The highest BCUT2D eigenvalue weighted by Crippen LogP contribution is 2.60. The highest BCUT2D eigenvalue weighted by atomic mass is 15.1. The molecule has 0 saturated heterocycles. The Morgan fingerprint density at radius 3 is 1.43 bits per heavy atom. The molecule has 0 N–H and O–H groups in total. The van der Waals surface area contributed by atoms with Gasteiger partial charge in [-0.15, -0.1) is 0 Å². The third-order valence-corrected chi connectivity index (χ3v) is 15.9. The molecule has 1 fully saturated rings. The van der Waals surface area contributed by atoms with Gasteiger partial charge in [-0.2, -0.15) is 0 Å². The van der Waals surface area contributed by atoms with E-state index in [0.717, 1.165) is 5.69 Å². The first-order chi connectivity index (χ1) is 32.0. The van der Waals surface area contributed by atoms with Crippen molar-refractivity contribution in [1.29, 1.82) is 0 Å². The van der Waals surface area contributed by atoms with E-state index in [4.69, 9.17) is 0 Å². The van der Waals surface area contributed by atoms with E-state index >= 15 is 0 Å². The summed E-state index contributed by atoms with van der Waals surface area (Å²) in [6.07, 6.45) is 6.21. The standard InChI is InChI=1S/C64H51N/c1-62(2)55-31-14-10-27-49(55)53-29-20-30-54(61(53)62)52-28-13-17-34-60(52)65(45-35-37-50-47-25-11-15-32-56(47)63(58(50)41-45)39-18-5-19-40-63)46-36-38-51-48-26-12-16-33-57(48)64(59(51)42-46,43-21-6-3-7-22-43)44-23-8-4-9-24-44/h3-4,6-17,20-38,41-42H,5,18-19,39-40H2,1-2H3. The van der Waals surface area contributed by atoms with Crippen LogP contribution in [0.3, 0.4) is 0 Å². The van der Waals surface area contributed by atoms with Crippen LogP contribution in [0.5, 0.6) is 0 Å². The summed E-state index contributed by atoms with van der Waals surface area (Å²) >= 11 is 0. The van der Waals surface area contributed by atoms with E-state index in [1.807, 2.05) is 0 Å². The maximum atomic E-state index is 2.60. The van der Waals surface area contributed by atoms with Crippen LogP contribution in [0.4, 0.5) is 17.1 Å². The predicted octanol–water partition coefficient (Wildman–Crippen LogP) is 16.7. The molecule has 0 bridgehead atoms. The second kappa shape index (κ2) is 14.4. The summed E-state index contributed by atoms with van der Waals surface area (Å²) in [5.74, 6) is 0. The van der Waals surface area contributed by atoms with Crippen molar-refractivity contribution in [2.24, 2.45) is 0 Å². The predicted molar refractivity (Wildman–Crippen MR) is 271 cm³/mol. The minimum Gasteiger partial charge on any atom is -0.310 e. The molecule has 0 aromatic heterocycles. The molecule has 0 heterocycles. The van der Waals surface area contributed by atoms with Crippen molar-refractivity contribution in [1.82, 2.24) is 0 Å². The van der Waals surface area contributed by atoms with Crippen molar-refractivity contribution in [3.05, 3.63) is 257 Å². The Bertz CT molecular complexity index is 3290. The zero-order valence-corrected chi connectivity index (χ0v) is 37.2. The highest BCUT2D eigenvalue weighted by molar-refractivity contribution is 5.97. The number of nitrogens with zero attached hydrogens (tertiary/aromatic N) is 1. The average molecular weight is 834 g/mol. The third-order valence-electron chi connectivity index (χ3n) is 15.9. The van der Waals surface area contributed by atoms with Gasteiger partial charge in [0, 0.05) is 27.8 Å². The molecule has 0 amide bonds. The molecule has 1 nitrogen and oxygen atoms in total. The molecule has 1 spiro atoms. The van der Waals surface area contributed by atoms with Crippen LogP contribution in [-0.4, -0.2) is 0 Å². The number of hydrogen-bond acceptors (Lipinski definition) is 1. The number of benzene rings is 9. The number of rotatable bonds is 6. The summed E-state index contributed by atoms with van der Waals surface area (Å²) in [6.45, 7) is 4.82. The van der Waals surface area contributed by atoms with Gasteiger partial charge in [-0.1, -0.05) is 215 Å². The van der Waals surface area contributed by atoms with E-state index in [1.54, 1.807) is 0 Å². The fourth-order valence-electron chi connectivity index (χ4n) is 13.2. The van der Waals surface area contributed by atoms with E-state index in [1.165, 1.54) is 132 Å².